The number of aromatic nitrogens is 2. The monoisotopic (exact) mass is 597 g/mol. The van der Waals surface area contributed by atoms with E-state index in [1.165, 1.54) is 36.9 Å². The summed E-state index contributed by atoms with van der Waals surface area (Å²) in [6.07, 6.45) is -5.00. The summed E-state index contributed by atoms with van der Waals surface area (Å²) in [6.45, 7) is 5.93. The molecule has 2 aromatic rings. The van der Waals surface area contributed by atoms with Crippen molar-refractivity contribution in [2.75, 3.05) is 21.3 Å². The SMILES string of the molecule is CNC(=O)C[C@H]([NH3+])c1nc(C(=O)N[C@H](c2nc(C(=O)OC)c(COC)s2)C(C)C)c(C)s1.O=C([O-])C(F)(F)F. The molecule has 0 fully saturated rings. The van der Waals surface area contributed by atoms with E-state index in [9.17, 15) is 27.6 Å². The topological polar surface area (TPSA) is 187 Å². The van der Waals surface area contributed by atoms with E-state index in [1.54, 1.807) is 7.05 Å². The average Bonchev–Trinajstić information content (AvgIpc) is 3.45. The molecule has 17 heteroatoms. The number of amides is 2. The Morgan fingerprint density at radius 2 is 1.64 bits per heavy atom. The number of rotatable bonds is 10. The smallest absolute Gasteiger partial charge is 0.430 e. The third-order valence-corrected chi connectivity index (χ3v) is 7.15. The van der Waals surface area contributed by atoms with Gasteiger partial charge in [-0.2, -0.15) is 13.2 Å². The predicted octanol–water partition coefficient (Wildman–Crippen LogP) is 0.686. The second kappa shape index (κ2) is 14.9. The minimum Gasteiger partial charge on any atom is -0.542 e. The number of ether oxygens (including phenoxy) is 2. The number of carbonyl (C=O) groups is 4. The first-order valence-electron chi connectivity index (χ1n) is 11.2. The number of methoxy groups -OCH3 is 2. The molecular formula is C22H30F3N5O7S2. The van der Waals surface area contributed by atoms with Gasteiger partial charge >= 0.3 is 12.1 Å². The molecule has 0 bridgehead atoms. The lowest BCUT2D eigenvalue weighted by atomic mass is 10.0. The standard InChI is InChI=1S/C20H29N5O5S2.C2HF3O2/c1-9(2)14(19-25-16(20(28)30-6)12(32-19)8-29-5)23-17(27)15-10(3)31-18(24-15)11(21)7-13(26)22-4;3-2(4,5)1(6)7/h9,11,14H,7-8,21H2,1-6H3,(H,22,26)(H,23,27);(H,6,7)/t11-,14-;/m0./s1. The van der Waals surface area contributed by atoms with E-state index in [0.29, 0.717) is 20.6 Å². The number of nitrogens with one attached hydrogen (secondary N) is 2. The number of hydrogen-bond acceptors (Lipinski definition) is 11. The number of esters is 1. The van der Waals surface area contributed by atoms with Crippen LogP contribution in [0.1, 0.15) is 73.1 Å². The normalized spacial score (nSPS) is 12.7. The third-order valence-electron chi connectivity index (χ3n) is 4.91. The fourth-order valence-electron chi connectivity index (χ4n) is 2.93. The molecule has 2 atom stereocenters. The van der Waals surface area contributed by atoms with Crippen LogP contribution < -0.4 is 21.5 Å². The first kappa shape index (κ1) is 33.9. The molecular weight excluding hydrogens is 567 g/mol. The number of quaternary nitrogens is 1. The van der Waals surface area contributed by atoms with Gasteiger partial charge in [-0.25, -0.2) is 14.8 Å². The Labute approximate surface area is 230 Å². The first-order valence-corrected chi connectivity index (χ1v) is 12.9. The minimum absolute atomic E-state index is 0.00163. The van der Waals surface area contributed by atoms with Crippen LogP contribution in [0, 0.1) is 12.8 Å². The third kappa shape index (κ3) is 9.83. The lowest BCUT2D eigenvalue weighted by Gasteiger charge is -2.19. The maximum Gasteiger partial charge on any atom is 0.430 e. The van der Waals surface area contributed by atoms with Crippen LogP contribution in [0.25, 0.3) is 0 Å². The number of aryl methyl sites for hydroxylation is 1. The van der Waals surface area contributed by atoms with Crippen molar-refractivity contribution in [3.05, 3.63) is 31.2 Å². The molecule has 0 aliphatic carbocycles. The maximum absolute atomic E-state index is 13.1. The van der Waals surface area contributed by atoms with Crippen LogP contribution in [0.15, 0.2) is 0 Å². The number of thiazole rings is 2. The predicted molar refractivity (Wildman–Crippen MR) is 131 cm³/mol. The van der Waals surface area contributed by atoms with E-state index in [-0.39, 0.29) is 42.5 Å². The van der Waals surface area contributed by atoms with Crippen molar-refractivity contribution in [3.63, 3.8) is 0 Å². The molecule has 0 aromatic carbocycles. The molecule has 0 unspecified atom stereocenters. The number of halogens is 3. The number of alkyl halides is 3. The minimum atomic E-state index is -5.19. The van der Waals surface area contributed by atoms with Crippen molar-refractivity contribution in [2.45, 2.75) is 52.1 Å². The van der Waals surface area contributed by atoms with Crippen LogP contribution in [0.2, 0.25) is 0 Å². The highest BCUT2D eigenvalue weighted by molar-refractivity contribution is 7.12. The molecule has 5 N–H and O–H groups in total. The Morgan fingerprint density at radius 3 is 2.10 bits per heavy atom. The van der Waals surface area contributed by atoms with E-state index < -0.39 is 24.2 Å². The van der Waals surface area contributed by atoms with Gasteiger partial charge < -0.3 is 35.7 Å². The molecule has 0 aliphatic heterocycles. The molecule has 2 aromatic heterocycles. The summed E-state index contributed by atoms with van der Waals surface area (Å²) in [5.74, 6) is -4.04. The van der Waals surface area contributed by atoms with E-state index in [4.69, 9.17) is 19.4 Å². The molecule has 0 radical (unpaired) electrons. The Bertz CT molecular complexity index is 1170. The van der Waals surface area contributed by atoms with Gasteiger partial charge in [-0.15, -0.1) is 22.7 Å². The fraction of sp³-hybridized carbons (Fsp3) is 0.545. The highest BCUT2D eigenvalue weighted by Crippen LogP contribution is 2.31. The van der Waals surface area contributed by atoms with E-state index in [2.05, 4.69) is 26.3 Å². The molecule has 218 valence electrons. The summed E-state index contributed by atoms with van der Waals surface area (Å²) in [5, 5.41) is 15.6. The molecule has 0 aliphatic rings. The van der Waals surface area contributed by atoms with E-state index in [1.807, 2.05) is 20.8 Å². The van der Waals surface area contributed by atoms with Crippen LogP contribution in [-0.4, -0.2) is 61.2 Å². The van der Waals surface area contributed by atoms with E-state index in [0.717, 1.165) is 4.88 Å². The molecule has 2 amide bonds. The Morgan fingerprint density at radius 1 is 1.08 bits per heavy atom. The summed E-state index contributed by atoms with van der Waals surface area (Å²) < 4.78 is 41.5. The molecule has 0 saturated heterocycles. The molecule has 0 saturated carbocycles. The zero-order chi connectivity index (χ0) is 30.1. The summed E-state index contributed by atoms with van der Waals surface area (Å²) in [4.78, 5) is 55.9. The van der Waals surface area contributed by atoms with Gasteiger partial charge in [0.15, 0.2) is 10.7 Å². The summed E-state index contributed by atoms with van der Waals surface area (Å²) in [7, 11) is 4.39. The van der Waals surface area contributed by atoms with Crippen molar-refractivity contribution in [1.29, 1.82) is 0 Å². The van der Waals surface area contributed by atoms with Gasteiger partial charge in [0, 0.05) is 19.0 Å². The molecule has 2 rings (SSSR count). The van der Waals surface area contributed by atoms with Crippen LogP contribution in [0.3, 0.4) is 0 Å². The van der Waals surface area contributed by atoms with Crippen molar-refractivity contribution >= 4 is 46.4 Å². The van der Waals surface area contributed by atoms with Crippen LogP contribution in [0.4, 0.5) is 13.2 Å². The van der Waals surface area contributed by atoms with Crippen molar-refractivity contribution in [2.24, 2.45) is 5.92 Å². The zero-order valence-corrected chi connectivity index (χ0v) is 23.7. The second-order valence-electron chi connectivity index (χ2n) is 8.26. The lowest BCUT2D eigenvalue weighted by molar-refractivity contribution is -0.425. The number of aliphatic carboxylic acids is 1. The number of carbonyl (C=O) groups excluding carboxylic acids is 4. The van der Waals surface area contributed by atoms with Crippen LogP contribution in [-0.2, 0) is 25.7 Å². The molecule has 0 spiro atoms. The Kier molecular flexibility index (Phi) is 12.9. The quantitative estimate of drug-likeness (QED) is 0.331. The largest absolute Gasteiger partial charge is 0.542 e. The summed E-state index contributed by atoms with van der Waals surface area (Å²) in [6, 6.07) is -0.785. The van der Waals surface area contributed by atoms with Gasteiger partial charge in [0.05, 0.1) is 31.1 Å². The van der Waals surface area contributed by atoms with Crippen LogP contribution in [0.5, 0.6) is 0 Å². The van der Waals surface area contributed by atoms with Gasteiger partial charge in [0.25, 0.3) is 5.91 Å². The van der Waals surface area contributed by atoms with Crippen LogP contribution >= 0.6 is 22.7 Å². The average molecular weight is 598 g/mol. The Hall–Kier alpha value is -3.15. The summed E-state index contributed by atoms with van der Waals surface area (Å²) in [5.41, 5.74) is 4.48. The number of nitrogens with zero attached hydrogens (tertiary/aromatic N) is 2. The van der Waals surface area contributed by atoms with Gasteiger partial charge in [-0.05, 0) is 12.8 Å². The molecule has 39 heavy (non-hydrogen) atoms. The van der Waals surface area contributed by atoms with Gasteiger partial charge in [0.2, 0.25) is 5.91 Å². The highest BCUT2D eigenvalue weighted by atomic mass is 32.1. The summed E-state index contributed by atoms with van der Waals surface area (Å²) >= 11 is 2.65. The number of carboxylic acids is 1. The highest BCUT2D eigenvalue weighted by Gasteiger charge is 2.30. The fourth-order valence-corrected chi connectivity index (χ4v) is 5.11. The first-order chi connectivity index (χ1) is 18.1. The number of hydrogen-bond donors (Lipinski definition) is 3. The van der Waals surface area contributed by atoms with Gasteiger partial charge in [-0.1, -0.05) is 13.8 Å². The lowest BCUT2D eigenvalue weighted by Crippen LogP contribution is -2.54. The van der Waals surface area contributed by atoms with Gasteiger partial charge in [-0.3, -0.25) is 9.59 Å². The zero-order valence-electron chi connectivity index (χ0n) is 22.1. The van der Waals surface area contributed by atoms with Crippen molar-refractivity contribution in [1.82, 2.24) is 20.6 Å². The molecule has 2 heterocycles. The second-order valence-corrected chi connectivity index (χ2v) is 10.6. The Balaban J connectivity index is 0.000000956. The molecule has 12 nitrogen and oxygen atoms in total. The van der Waals surface area contributed by atoms with Crippen molar-refractivity contribution in [3.8, 4) is 0 Å². The maximum atomic E-state index is 13.1. The van der Waals surface area contributed by atoms with Gasteiger partial charge in [0.1, 0.15) is 22.7 Å². The van der Waals surface area contributed by atoms with E-state index >= 15 is 0 Å². The number of carboxylic acid groups (broad SMARTS) is 1. The van der Waals surface area contributed by atoms with Crippen molar-refractivity contribution < 1.29 is 52.7 Å².